The standard InChI is InChI=1S/C56H33N3S2.C50H32N4/c1-3-13-34(14-4-1)35-23-25-36(26-24-35)53-55-54(43-20-10-12-22-49(43)61-55)58-56(57-53)45-33-51-52(42-19-8-7-17-40(42)45)46-32-38(28-30-50(46)60-51)37-27-29-48-44(31-37)41-18-9-11-21-47(41)59(48)39-15-5-2-6-16-39;1-4-16-33(17-5-1)43-32-44(34-18-6-2-7-19-34)52-50(51-43)41-31-48-49(40-25-11-10-22-37(40)41)42-30-36(28-29-47(42)53(48)35-20-8-3-9-21-35)54-45-26-14-12-23-38(45)39-24-13-15-27-46(39)54/h1-33H;1-32H. The van der Waals surface area contributed by atoms with Crippen LogP contribution in [0.5, 0.6) is 0 Å². The fourth-order valence-corrected chi connectivity index (χ4v) is 20.0. The Morgan fingerprint density at radius 3 is 1.22 bits per heavy atom. The van der Waals surface area contributed by atoms with Crippen molar-refractivity contribution in [3.05, 3.63) is 394 Å². The van der Waals surface area contributed by atoms with E-state index in [2.05, 4.69) is 396 Å². The molecule has 536 valence electrons. The molecule has 7 nitrogen and oxygen atoms in total. The molecule has 7 aromatic heterocycles. The Labute approximate surface area is 669 Å². The number of thiophene rings is 2. The van der Waals surface area contributed by atoms with Crippen molar-refractivity contribution in [3.8, 4) is 95.9 Å². The van der Waals surface area contributed by atoms with Crippen molar-refractivity contribution in [3.63, 3.8) is 0 Å². The van der Waals surface area contributed by atoms with Crippen LogP contribution in [0.15, 0.2) is 394 Å². The Kier molecular flexibility index (Phi) is 15.5. The molecule has 0 aliphatic heterocycles. The lowest BCUT2D eigenvalue weighted by atomic mass is 9.96. The zero-order chi connectivity index (χ0) is 75.6. The highest BCUT2D eigenvalue weighted by atomic mass is 32.1. The van der Waals surface area contributed by atoms with Gasteiger partial charge in [-0.3, -0.25) is 0 Å². The van der Waals surface area contributed by atoms with Gasteiger partial charge in [-0.15, -0.1) is 22.7 Å². The minimum absolute atomic E-state index is 0.698. The van der Waals surface area contributed by atoms with Crippen molar-refractivity contribution in [2.75, 3.05) is 0 Å². The normalized spacial score (nSPS) is 11.8. The van der Waals surface area contributed by atoms with Gasteiger partial charge < -0.3 is 13.7 Å². The maximum Gasteiger partial charge on any atom is 0.161 e. The van der Waals surface area contributed by atoms with E-state index in [0.717, 1.165) is 99.5 Å². The van der Waals surface area contributed by atoms with E-state index >= 15 is 0 Å². The van der Waals surface area contributed by atoms with E-state index in [0.29, 0.717) is 5.82 Å². The van der Waals surface area contributed by atoms with Gasteiger partial charge in [-0.2, -0.15) is 0 Å². The van der Waals surface area contributed by atoms with Crippen molar-refractivity contribution >= 4 is 150 Å². The number of para-hydroxylation sites is 5. The maximum atomic E-state index is 5.47. The lowest BCUT2D eigenvalue weighted by Gasteiger charge is -2.13. The molecule has 0 atom stereocenters. The molecule has 7 heterocycles. The molecule has 0 fully saturated rings. The van der Waals surface area contributed by atoms with E-state index in [1.54, 1.807) is 11.3 Å². The molecule has 24 rings (SSSR count). The number of hydrogen-bond donors (Lipinski definition) is 0. The lowest BCUT2D eigenvalue weighted by molar-refractivity contribution is 1.16. The highest BCUT2D eigenvalue weighted by Crippen LogP contribution is 2.48. The highest BCUT2D eigenvalue weighted by Gasteiger charge is 2.25. The summed E-state index contributed by atoms with van der Waals surface area (Å²) in [5, 5.41) is 15.8. The van der Waals surface area contributed by atoms with Gasteiger partial charge in [-0.25, -0.2) is 19.9 Å². The number of hydrogen-bond acceptors (Lipinski definition) is 6. The van der Waals surface area contributed by atoms with Crippen molar-refractivity contribution in [1.82, 2.24) is 33.6 Å². The predicted octanol–water partition coefficient (Wildman–Crippen LogP) is 29.0. The average molecular weight is 1500 g/mol. The quantitative estimate of drug-likeness (QED) is 0.137. The zero-order valence-corrected chi connectivity index (χ0v) is 63.6. The molecule has 9 heteroatoms. The smallest absolute Gasteiger partial charge is 0.161 e. The van der Waals surface area contributed by atoms with Crippen molar-refractivity contribution in [1.29, 1.82) is 0 Å². The summed E-state index contributed by atoms with van der Waals surface area (Å²) in [6.07, 6.45) is 0. The number of fused-ring (bicyclic) bond motifs is 19. The Bertz CT molecular complexity index is 7890. The summed E-state index contributed by atoms with van der Waals surface area (Å²) in [6.45, 7) is 0. The molecule has 0 saturated heterocycles. The molecule has 0 amide bonds. The summed E-state index contributed by atoms with van der Waals surface area (Å²) < 4.78 is 12.0. The molecular weight excluding hydrogens is 1440 g/mol. The number of benzene rings is 17. The van der Waals surface area contributed by atoms with E-state index in [1.807, 2.05) is 23.5 Å². The van der Waals surface area contributed by atoms with Gasteiger partial charge in [-0.1, -0.05) is 285 Å². The third-order valence-electron chi connectivity index (χ3n) is 22.9. The summed E-state index contributed by atoms with van der Waals surface area (Å²) in [7, 11) is 0. The second-order valence-electron chi connectivity index (χ2n) is 29.5. The maximum absolute atomic E-state index is 5.47. The first-order chi connectivity index (χ1) is 57.0. The van der Waals surface area contributed by atoms with Crippen molar-refractivity contribution in [2.24, 2.45) is 0 Å². The molecule has 0 N–H and O–H groups in total. The van der Waals surface area contributed by atoms with Crippen LogP contribution in [0.25, 0.3) is 223 Å². The second-order valence-corrected chi connectivity index (χ2v) is 31.6. The molecule has 0 spiro atoms. The Balaban J connectivity index is 0.000000137. The SMILES string of the molecule is c1ccc(-c2cc(-c3ccccc3)nc(-c3cc4c(c5ccccc35)c3cc(-n5c6ccccc6c6ccccc65)ccc3n4-c3ccccc3)n2)cc1.c1ccc(-c2ccc(-c3nc(-c4cc5sc6ccc(-c7ccc8c(c7)c7ccccc7n8-c7ccccc7)cc6c5c5ccccc45)nc4c3sc3ccccc34)cc2)cc1. The summed E-state index contributed by atoms with van der Waals surface area (Å²) in [5.41, 5.74) is 24.3. The van der Waals surface area contributed by atoms with Gasteiger partial charge >= 0.3 is 0 Å². The van der Waals surface area contributed by atoms with Crippen LogP contribution in [0.2, 0.25) is 0 Å². The summed E-state index contributed by atoms with van der Waals surface area (Å²) in [5.74, 6) is 1.45. The van der Waals surface area contributed by atoms with Gasteiger partial charge in [0.25, 0.3) is 0 Å². The molecule has 0 radical (unpaired) electrons. The zero-order valence-electron chi connectivity index (χ0n) is 62.0. The van der Waals surface area contributed by atoms with Crippen molar-refractivity contribution < 1.29 is 0 Å². The van der Waals surface area contributed by atoms with Crippen LogP contribution in [-0.4, -0.2) is 33.6 Å². The van der Waals surface area contributed by atoms with E-state index < -0.39 is 0 Å². The first kappa shape index (κ1) is 66.1. The van der Waals surface area contributed by atoms with Gasteiger partial charge in [-0.05, 0) is 153 Å². The van der Waals surface area contributed by atoms with Gasteiger partial charge in [0.05, 0.1) is 60.4 Å². The van der Waals surface area contributed by atoms with Crippen LogP contribution in [0.3, 0.4) is 0 Å². The van der Waals surface area contributed by atoms with E-state index in [4.69, 9.17) is 19.9 Å². The van der Waals surface area contributed by atoms with Crippen LogP contribution in [0.1, 0.15) is 0 Å². The predicted molar refractivity (Wildman–Crippen MR) is 486 cm³/mol. The lowest BCUT2D eigenvalue weighted by Crippen LogP contribution is -1.98. The molecule has 0 aliphatic carbocycles. The topological polar surface area (TPSA) is 66.3 Å². The van der Waals surface area contributed by atoms with Gasteiger partial charge in [0, 0.05) is 107 Å². The monoisotopic (exact) mass is 1500 g/mol. The van der Waals surface area contributed by atoms with Crippen LogP contribution >= 0.6 is 22.7 Å². The second kappa shape index (κ2) is 27.0. The third-order valence-corrected chi connectivity index (χ3v) is 25.2. The van der Waals surface area contributed by atoms with E-state index in [9.17, 15) is 0 Å². The van der Waals surface area contributed by atoms with Crippen LogP contribution in [0.4, 0.5) is 0 Å². The highest BCUT2D eigenvalue weighted by molar-refractivity contribution is 7.26. The van der Waals surface area contributed by atoms with Crippen molar-refractivity contribution in [2.45, 2.75) is 0 Å². The molecule has 0 bridgehead atoms. The van der Waals surface area contributed by atoms with E-state index in [-0.39, 0.29) is 0 Å². The van der Waals surface area contributed by atoms with Gasteiger partial charge in [0.15, 0.2) is 11.6 Å². The number of rotatable bonds is 10. The molecule has 0 aliphatic rings. The van der Waals surface area contributed by atoms with Gasteiger partial charge in [0.2, 0.25) is 0 Å². The summed E-state index contributed by atoms with van der Waals surface area (Å²) >= 11 is 3.62. The fourth-order valence-electron chi connectivity index (χ4n) is 17.7. The molecule has 17 aromatic carbocycles. The Morgan fingerprint density at radius 1 is 0.200 bits per heavy atom. The number of aromatic nitrogens is 7. The Hall–Kier alpha value is -14.7. The summed E-state index contributed by atoms with van der Waals surface area (Å²) in [4.78, 5) is 21.5. The molecule has 115 heavy (non-hydrogen) atoms. The average Bonchev–Trinajstić information content (AvgIpc) is 1.59. The molecular formula is C106H65N7S2. The minimum atomic E-state index is 0.698. The first-order valence-corrected chi connectivity index (χ1v) is 40.5. The molecule has 24 aromatic rings. The Morgan fingerprint density at radius 2 is 0.609 bits per heavy atom. The fraction of sp³-hybridized carbons (Fsp3) is 0. The largest absolute Gasteiger partial charge is 0.309 e. The van der Waals surface area contributed by atoms with Crippen LogP contribution < -0.4 is 0 Å². The van der Waals surface area contributed by atoms with Crippen LogP contribution in [0, 0.1) is 0 Å². The first-order valence-electron chi connectivity index (χ1n) is 38.9. The third kappa shape index (κ3) is 11.0. The van der Waals surface area contributed by atoms with Gasteiger partial charge in [0.1, 0.15) is 0 Å². The molecule has 0 saturated carbocycles. The minimum Gasteiger partial charge on any atom is -0.309 e. The summed E-state index contributed by atoms with van der Waals surface area (Å²) in [6, 6.07) is 141. The number of nitrogens with zero attached hydrogens (tertiary/aromatic N) is 7. The molecule has 0 unspecified atom stereocenters. The van der Waals surface area contributed by atoms with Crippen LogP contribution in [-0.2, 0) is 0 Å². The van der Waals surface area contributed by atoms with E-state index in [1.165, 1.54) is 118 Å².